The fourth-order valence-corrected chi connectivity index (χ4v) is 2.35. The normalized spacial score (nSPS) is 22.9. The number of likely N-dealkylation sites (tertiary alicyclic amines) is 1. The lowest BCUT2D eigenvalue weighted by Crippen LogP contribution is -2.48. The first-order chi connectivity index (χ1) is 7.52. The maximum absolute atomic E-state index is 11.1. The second kappa shape index (κ2) is 5.64. The molecule has 4 heteroatoms. The van der Waals surface area contributed by atoms with E-state index >= 15 is 0 Å². The highest BCUT2D eigenvalue weighted by Crippen LogP contribution is 2.34. The van der Waals surface area contributed by atoms with Gasteiger partial charge in [0.1, 0.15) is 6.04 Å². The van der Waals surface area contributed by atoms with Crippen LogP contribution in [0, 0.1) is 5.41 Å². The number of carboxylic acids is 1. The minimum Gasteiger partial charge on any atom is -0.480 e. The van der Waals surface area contributed by atoms with Crippen molar-refractivity contribution in [2.45, 2.75) is 45.6 Å². The summed E-state index contributed by atoms with van der Waals surface area (Å²) >= 11 is 0. The highest BCUT2D eigenvalue weighted by Gasteiger charge is 2.33. The number of carboxylic acid groups (broad SMARTS) is 1. The van der Waals surface area contributed by atoms with E-state index in [0.717, 1.165) is 25.9 Å². The Morgan fingerprint density at radius 1 is 1.50 bits per heavy atom. The molecule has 0 saturated carbocycles. The van der Waals surface area contributed by atoms with Gasteiger partial charge in [-0.3, -0.25) is 9.69 Å². The molecule has 1 heterocycles. The summed E-state index contributed by atoms with van der Waals surface area (Å²) in [7, 11) is 0. The highest BCUT2D eigenvalue weighted by atomic mass is 16.4. The molecule has 0 amide bonds. The van der Waals surface area contributed by atoms with E-state index in [9.17, 15) is 4.79 Å². The van der Waals surface area contributed by atoms with E-state index < -0.39 is 5.97 Å². The van der Waals surface area contributed by atoms with Crippen molar-refractivity contribution in [1.29, 1.82) is 0 Å². The van der Waals surface area contributed by atoms with Gasteiger partial charge in [0.25, 0.3) is 0 Å². The average molecular weight is 228 g/mol. The van der Waals surface area contributed by atoms with Crippen molar-refractivity contribution in [1.82, 2.24) is 4.90 Å². The molecule has 0 aromatic heterocycles. The van der Waals surface area contributed by atoms with E-state index in [0.29, 0.717) is 18.4 Å². The number of nitrogens with two attached hydrogens (primary N) is 1. The monoisotopic (exact) mass is 228 g/mol. The second-order valence-corrected chi connectivity index (χ2v) is 5.13. The second-order valence-electron chi connectivity index (χ2n) is 5.13. The SMILES string of the molecule is CCC1(C)CCN(C(CCN)C(=O)O)CC1. The topological polar surface area (TPSA) is 66.6 Å². The van der Waals surface area contributed by atoms with Crippen LogP contribution in [0.5, 0.6) is 0 Å². The van der Waals surface area contributed by atoms with Gasteiger partial charge in [-0.25, -0.2) is 0 Å². The van der Waals surface area contributed by atoms with E-state index in [1.807, 2.05) is 0 Å². The Labute approximate surface area is 97.8 Å². The van der Waals surface area contributed by atoms with E-state index in [4.69, 9.17) is 10.8 Å². The van der Waals surface area contributed by atoms with Crippen molar-refractivity contribution < 1.29 is 9.90 Å². The summed E-state index contributed by atoms with van der Waals surface area (Å²) in [5.41, 5.74) is 5.87. The van der Waals surface area contributed by atoms with Crippen molar-refractivity contribution in [2.75, 3.05) is 19.6 Å². The quantitative estimate of drug-likeness (QED) is 0.744. The first kappa shape index (κ1) is 13.5. The van der Waals surface area contributed by atoms with Crippen LogP contribution >= 0.6 is 0 Å². The van der Waals surface area contributed by atoms with Crippen LogP contribution in [0.3, 0.4) is 0 Å². The summed E-state index contributed by atoms with van der Waals surface area (Å²) in [5.74, 6) is -0.731. The molecule has 1 fully saturated rings. The minimum absolute atomic E-state index is 0.383. The zero-order valence-electron chi connectivity index (χ0n) is 10.4. The zero-order chi connectivity index (χ0) is 12.2. The van der Waals surface area contributed by atoms with Gasteiger partial charge in [0.2, 0.25) is 0 Å². The van der Waals surface area contributed by atoms with Gasteiger partial charge in [-0.15, -0.1) is 0 Å². The molecule has 0 aromatic rings. The van der Waals surface area contributed by atoms with Crippen LogP contribution < -0.4 is 5.73 Å². The maximum atomic E-state index is 11.1. The Hall–Kier alpha value is -0.610. The molecule has 1 saturated heterocycles. The van der Waals surface area contributed by atoms with Gasteiger partial charge in [-0.2, -0.15) is 0 Å². The number of piperidine rings is 1. The van der Waals surface area contributed by atoms with E-state index in [1.54, 1.807) is 0 Å². The molecule has 1 aliphatic heterocycles. The van der Waals surface area contributed by atoms with Gasteiger partial charge in [0.05, 0.1) is 0 Å². The predicted octanol–water partition coefficient (Wildman–Crippen LogP) is 1.30. The molecule has 3 N–H and O–H groups in total. The van der Waals surface area contributed by atoms with Crippen molar-refractivity contribution >= 4 is 5.97 Å². The summed E-state index contributed by atoms with van der Waals surface area (Å²) in [5, 5.41) is 9.15. The number of rotatable bonds is 5. The summed E-state index contributed by atoms with van der Waals surface area (Å²) in [4.78, 5) is 13.2. The molecule has 0 aliphatic carbocycles. The summed E-state index contributed by atoms with van der Waals surface area (Å²) in [6.07, 6.45) is 3.92. The Bertz CT molecular complexity index is 235. The maximum Gasteiger partial charge on any atom is 0.320 e. The number of hydrogen-bond acceptors (Lipinski definition) is 3. The summed E-state index contributed by atoms with van der Waals surface area (Å²) < 4.78 is 0. The third-order valence-corrected chi connectivity index (χ3v) is 4.02. The van der Waals surface area contributed by atoms with E-state index in [-0.39, 0.29) is 6.04 Å². The molecule has 0 aromatic carbocycles. The van der Waals surface area contributed by atoms with Gasteiger partial charge in [0, 0.05) is 0 Å². The van der Waals surface area contributed by atoms with Gasteiger partial charge in [-0.05, 0) is 44.3 Å². The number of nitrogens with zero attached hydrogens (tertiary/aromatic N) is 1. The van der Waals surface area contributed by atoms with Crippen molar-refractivity contribution in [3.05, 3.63) is 0 Å². The smallest absolute Gasteiger partial charge is 0.320 e. The standard InChI is InChI=1S/C12H24N2O2/c1-3-12(2)5-8-14(9-6-12)10(4-7-13)11(15)16/h10H,3-9,13H2,1-2H3,(H,15,16). The fourth-order valence-electron chi connectivity index (χ4n) is 2.35. The number of aliphatic carboxylic acids is 1. The third kappa shape index (κ3) is 3.19. The Morgan fingerprint density at radius 2 is 2.06 bits per heavy atom. The Kier molecular flexibility index (Phi) is 4.74. The van der Waals surface area contributed by atoms with Crippen LogP contribution in [0.15, 0.2) is 0 Å². The van der Waals surface area contributed by atoms with Crippen molar-refractivity contribution in [3.63, 3.8) is 0 Å². The average Bonchev–Trinajstić information content (AvgIpc) is 2.27. The number of carbonyl (C=O) groups is 1. The fraction of sp³-hybridized carbons (Fsp3) is 0.917. The van der Waals surface area contributed by atoms with Gasteiger partial charge in [0.15, 0.2) is 0 Å². The van der Waals surface area contributed by atoms with Gasteiger partial charge in [-0.1, -0.05) is 20.3 Å². The van der Waals surface area contributed by atoms with Crippen molar-refractivity contribution in [3.8, 4) is 0 Å². The molecule has 0 bridgehead atoms. The summed E-state index contributed by atoms with van der Waals surface area (Å²) in [6.45, 7) is 6.73. The van der Waals surface area contributed by atoms with Crippen LogP contribution in [-0.2, 0) is 4.79 Å². The third-order valence-electron chi connectivity index (χ3n) is 4.02. The molecule has 0 spiro atoms. The molecule has 1 atom stereocenters. The van der Waals surface area contributed by atoms with Gasteiger partial charge < -0.3 is 10.8 Å². The number of hydrogen-bond donors (Lipinski definition) is 2. The molecule has 1 unspecified atom stereocenters. The lowest BCUT2D eigenvalue weighted by atomic mass is 9.78. The van der Waals surface area contributed by atoms with Crippen molar-refractivity contribution in [2.24, 2.45) is 11.1 Å². The molecule has 16 heavy (non-hydrogen) atoms. The molecule has 0 radical (unpaired) electrons. The first-order valence-corrected chi connectivity index (χ1v) is 6.19. The Morgan fingerprint density at radius 3 is 2.44 bits per heavy atom. The summed E-state index contributed by atoms with van der Waals surface area (Å²) in [6, 6.07) is -0.383. The first-order valence-electron chi connectivity index (χ1n) is 6.19. The molecular weight excluding hydrogens is 204 g/mol. The lowest BCUT2D eigenvalue weighted by molar-refractivity contribution is -0.144. The lowest BCUT2D eigenvalue weighted by Gasteiger charge is -2.41. The molecule has 4 nitrogen and oxygen atoms in total. The molecule has 94 valence electrons. The van der Waals surface area contributed by atoms with E-state index in [1.165, 1.54) is 6.42 Å². The molecule has 1 aliphatic rings. The van der Waals surface area contributed by atoms with E-state index in [2.05, 4.69) is 18.7 Å². The highest BCUT2D eigenvalue weighted by molar-refractivity contribution is 5.73. The largest absolute Gasteiger partial charge is 0.480 e. The predicted molar refractivity (Wildman–Crippen MR) is 64.3 cm³/mol. The Balaban J connectivity index is 2.53. The molecular formula is C12H24N2O2. The van der Waals surface area contributed by atoms with Crippen LogP contribution in [0.2, 0.25) is 0 Å². The molecule has 1 rings (SSSR count). The van der Waals surface area contributed by atoms with Gasteiger partial charge >= 0.3 is 5.97 Å². The van der Waals surface area contributed by atoms with Crippen LogP contribution in [0.25, 0.3) is 0 Å². The zero-order valence-corrected chi connectivity index (χ0v) is 10.4. The minimum atomic E-state index is -0.731. The van der Waals surface area contributed by atoms with Crippen LogP contribution in [0.4, 0.5) is 0 Å². The van der Waals surface area contributed by atoms with Crippen LogP contribution in [0.1, 0.15) is 39.5 Å². The van der Waals surface area contributed by atoms with Crippen LogP contribution in [-0.4, -0.2) is 41.7 Å².